The molecule has 0 saturated carbocycles. The molecular formula is C37H44N13O11P. The van der Waals surface area contributed by atoms with Crippen molar-refractivity contribution < 1.29 is 47.9 Å². The number of phosphoric ester groups is 1. The van der Waals surface area contributed by atoms with Gasteiger partial charge in [0, 0.05) is 72.5 Å². The number of aryl methyl sites for hydroxylation is 4. The van der Waals surface area contributed by atoms with Gasteiger partial charge in [-0.1, -0.05) is 0 Å². The molecule has 1 aliphatic rings. The first-order chi connectivity index (χ1) is 29.4. The lowest BCUT2D eigenvalue weighted by molar-refractivity contribution is -0.0424. The summed E-state index contributed by atoms with van der Waals surface area (Å²) in [6.07, 6.45) is 5.32. The van der Waals surface area contributed by atoms with Gasteiger partial charge in [-0.2, -0.15) is 4.98 Å². The Hall–Kier alpha value is -6.82. The molecule has 0 aromatic carbocycles. The van der Waals surface area contributed by atoms with Crippen LogP contribution in [0.25, 0.3) is 11.2 Å². The van der Waals surface area contributed by atoms with E-state index in [4.69, 9.17) is 14.5 Å². The topological polar surface area (TPSA) is 308 Å². The Kier molecular flexibility index (Phi) is 12.3. The fraction of sp³-hybridized carbons (Fsp3) is 0.324. The van der Waals surface area contributed by atoms with E-state index in [0.717, 1.165) is 0 Å². The number of imidazole rings is 1. The molecule has 3 atom stereocenters. The molecule has 7 heterocycles. The molecule has 0 unspecified atom stereocenters. The number of carbonyl (C=O) groups is 4. The molecule has 328 valence electrons. The summed E-state index contributed by atoms with van der Waals surface area (Å²) in [6.45, 7) is -0.0269. The molecule has 6 aromatic rings. The molecule has 0 radical (unpaired) electrons. The normalized spacial score (nSPS) is 16.4. The van der Waals surface area contributed by atoms with E-state index in [1.807, 2.05) is 0 Å². The number of ether oxygens (including phenoxy) is 1. The van der Waals surface area contributed by atoms with Gasteiger partial charge in [0.1, 0.15) is 35.1 Å². The van der Waals surface area contributed by atoms with Crippen molar-refractivity contribution in [3.8, 4) is 0 Å². The zero-order valence-electron chi connectivity index (χ0n) is 33.7. The van der Waals surface area contributed by atoms with Crippen LogP contribution in [0.3, 0.4) is 0 Å². The second-order valence-corrected chi connectivity index (χ2v) is 15.8. The lowest BCUT2D eigenvalue weighted by Gasteiger charge is -2.16. The van der Waals surface area contributed by atoms with Crippen LogP contribution < -0.4 is 32.1 Å². The van der Waals surface area contributed by atoms with E-state index in [2.05, 4.69) is 46.1 Å². The number of hydrogen-bond donors (Lipinski definition) is 9. The molecule has 1 fully saturated rings. The summed E-state index contributed by atoms with van der Waals surface area (Å²) in [5.41, 5.74) is 2.01. The summed E-state index contributed by atoms with van der Waals surface area (Å²) in [6, 6.07) is 8.02. The predicted molar refractivity (Wildman–Crippen MR) is 222 cm³/mol. The number of phosphoric acid groups is 1. The molecule has 9 N–H and O–H groups in total. The summed E-state index contributed by atoms with van der Waals surface area (Å²) >= 11 is 0. The number of nitrogens with zero attached hydrogens (tertiary/aromatic N) is 7. The van der Waals surface area contributed by atoms with Gasteiger partial charge >= 0.3 is 7.82 Å². The molecule has 7 rings (SSSR count). The fourth-order valence-corrected chi connectivity index (χ4v) is 7.21. The van der Waals surface area contributed by atoms with Crippen molar-refractivity contribution >= 4 is 65.6 Å². The van der Waals surface area contributed by atoms with E-state index < -0.39 is 56.1 Å². The first-order valence-corrected chi connectivity index (χ1v) is 20.5. The van der Waals surface area contributed by atoms with Gasteiger partial charge in [0.25, 0.3) is 29.2 Å². The predicted octanol–water partition coefficient (Wildman–Crippen LogP) is 1.22. The lowest BCUT2D eigenvalue weighted by Crippen LogP contribution is -2.27. The maximum absolute atomic E-state index is 13.3. The van der Waals surface area contributed by atoms with Crippen molar-refractivity contribution in [2.75, 3.05) is 41.0 Å². The van der Waals surface area contributed by atoms with Crippen LogP contribution in [0.5, 0.6) is 0 Å². The largest absolute Gasteiger partial charge is 0.469 e. The Balaban J connectivity index is 0.885. The fourth-order valence-electron chi connectivity index (χ4n) is 6.87. The number of H-pyrrole nitrogens is 1. The van der Waals surface area contributed by atoms with E-state index in [1.54, 1.807) is 89.4 Å². The first-order valence-electron chi connectivity index (χ1n) is 19.0. The molecule has 6 aromatic heterocycles. The number of rotatable bonds is 16. The van der Waals surface area contributed by atoms with Crippen LogP contribution in [0.1, 0.15) is 61.0 Å². The smallest absolute Gasteiger partial charge is 0.390 e. The molecule has 0 bridgehead atoms. The molecule has 1 aliphatic heterocycles. The second-order valence-electron chi connectivity index (χ2n) is 14.5. The maximum atomic E-state index is 13.3. The molecule has 62 heavy (non-hydrogen) atoms. The minimum atomic E-state index is -4.78. The van der Waals surface area contributed by atoms with Gasteiger partial charge in [-0.25, -0.2) is 9.55 Å². The van der Waals surface area contributed by atoms with Gasteiger partial charge in [-0.15, -0.1) is 0 Å². The van der Waals surface area contributed by atoms with E-state index >= 15 is 0 Å². The molecule has 4 amide bonds. The molecule has 0 spiro atoms. The van der Waals surface area contributed by atoms with E-state index in [9.17, 15) is 33.6 Å². The van der Waals surface area contributed by atoms with E-state index in [-0.39, 0.29) is 59.6 Å². The van der Waals surface area contributed by atoms with Crippen molar-refractivity contribution in [2.24, 2.45) is 28.2 Å². The second kappa shape index (κ2) is 17.6. The molecular weight excluding hydrogens is 833 g/mol. The van der Waals surface area contributed by atoms with Crippen LogP contribution in [-0.2, 0) is 42.0 Å². The molecule has 24 nitrogen and oxygen atoms in total. The average molecular weight is 878 g/mol. The van der Waals surface area contributed by atoms with Crippen LogP contribution in [0.15, 0.2) is 66.2 Å². The molecule has 25 heteroatoms. The number of hydrogen-bond acceptors (Lipinski definition) is 12. The minimum absolute atomic E-state index is 0.0119. The van der Waals surface area contributed by atoms with E-state index in [0.29, 0.717) is 29.2 Å². The van der Waals surface area contributed by atoms with E-state index in [1.165, 1.54) is 23.0 Å². The van der Waals surface area contributed by atoms with Crippen molar-refractivity contribution in [3.05, 3.63) is 94.6 Å². The number of amides is 4. The van der Waals surface area contributed by atoms with Gasteiger partial charge in [0.15, 0.2) is 11.2 Å². The Morgan fingerprint density at radius 3 is 1.97 bits per heavy atom. The monoisotopic (exact) mass is 877 g/mol. The highest BCUT2D eigenvalue weighted by atomic mass is 31.2. The average Bonchev–Trinajstić information content (AvgIpc) is 4.06. The number of aromatic amines is 1. The quantitative estimate of drug-likeness (QED) is 0.0488. The standard InChI is InChI=1S/C37H44N13O11P/c1-46-10-5-7-23(46)33(53)41-21-12-25(48(3)16-21)35(55)43-22-13-26(49(4)17-22)34(54)42-20-11-24(47(2)15-20)32(52)38-8-6-9-39-37-44-31-30(36(56)45-37)40-19-50(31)29-14-27(51)28(61-29)18-60-62(57,58)59/h5,7,10-13,15-17,19,27-29,51H,6,8-9,14,18H2,1-4H3,(H,38,52)(H,41,53)(H,42,54)(H,43,55)(H2,57,58,59)(H2,39,44,45,56)/t27-,28+,29+/m0/s1. The minimum Gasteiger partial charge on any atom is -0.390 e. The van der Waals surface area contributed by atoms with Gasteiger partial charge in [0.2, 0.25) is 5.95 Å². The number of nitrogens with one attached hydrogen (secondary N) is 6. The van der Waals surface area contributed by atoms with Crippen molar-refractivity contribution in [1.82, 2.24) is 43.1 Å². The number of aliphatic hydroxyl groups excluding tert-OH is 1. The van der Waals surface area contributed by atoms with Crippen LogP contribution in [0.4, 0.5) is 23.0 Å². The van der Waals surface area contributed by atoms with Crippen molar-refractivity contribution in [1.29, 1.82) is 0 Å². The lowest BCUT2D eigenvalue weighted by atomic mass is 10.2. The number of aliphatic hydroxyl groups is 1. The molecule has 1 saturated heterocycles. The Morgan fingerprint density at radius 2 is 1.42 bits per heavy atom. The van der Waals surface area contributed by atoms with Gasteiger partial charge in [0.05, 0.1) is 36.1 Å². The summed E-state index contributed by atoms with van der Waals surface area (Å²) in [5.74, 6) is -1.56. The zero-order chi connectivity index (χ0) is 44.5. The maximum Gasteiger partial charge on any atom is 0.469 e. The number of anilines is 4. The third kappa shape index (κ3) is 9.70. The third-order valence-corrected chi connectivity index (χ3v) is 10.4. The first kappa shape index (κ1) is 43.3. The Bertz CT molecular complexity index is 2770. The highest BCUT2D eigenvalue weighted by Gasteiger charge is 2.37. The van der Waals surface area contributed by atoms with Crippen LogP contribution >= 0.6 is 7.82 Å². The molecule has 0 aliphatic carbocycles. The Morgan fingerprint density at radius 1 is 0.855 bits per heavy atom. The number of fused-ring (bicyclic) bond motifs is 1. The Labute approximate surface area is 351 Å². The van der Waals surface area contributed by atoms with Gasteiger partial charge in [-0.05, 0) is 36.8 Å². The summed E-state index contributed by atoms with van der Waals surface area (Å²) < 4.78 is 29.1. The van der Waals surface area contributed by atoms with Crippen LogP contribution in [0.2, 0.25) is 0 Å². The van der Waals surface area contributed by atoms with Crippen LogP contribution in [0, 0.1) is 0 Å². The summed E-state index contributed by atoms with van der Waals surface area (Å²) in [5, 5.41) is 24.5. The summed E-state index contributed by atoms with van der Waals surface area (Å²) in [4.78, 5) is 94.0. The third-order valence-electron chi connectivity index (χ3n) is 9.95. The van der Waals surface area contributed by atoms with Crippen LogP contribution in [-0.4, -0.2) is 108 Å². The number of carbonyl (C=O) groups excluding carboxylic acids is 4. The highest BCUT2D eigenvalue weighted by Crippen LogP contribution is 2.38. The number of aromatic nitrogens is 8. The van der Waals surface area contributed by atoms with Gasteiger partial charge < -0.3 is 64.5 Å². The van der Waals surface area contributed by atoms with Gasteiger partial charge in [-0.3, -0.25) is 38.0 Å². The van der Waals surface area contributed by atoms with Crippen molar-refractivity contribution in [2.45, 2.75) is 31.3 Å². The SMILES string of the molecule is Cn1cc(NC(=O)c2cc(NC(=O)c3cc(NC(=O)c4cccn4C)cn3C)cn2C)cc1C(=O)NCCCNc1nc2c(ncn2[C@H]2C[C@H](O)[C@@H](COP(=O)(O)O)O2)c(=O)[nH]1. The highest BCUT2D eigenvalue weighted by molar-refractivity contribution is 7.46. The summed E-state index contributed by atoms with van der Waals surface area (Å²) in [7, 11) is 1.95. The zero-order valence-corrected chi connectivity index (χ0v) is 34.6. The van der Waals surface area contributed by atoms with Crippen molar-refractivity contribution in [3.63, 3.8) is 0 Å².